The van der Waals surface area contributed by atoms with Crippen LogP contribution in [0.3, 0.4) is 0 Å². The zero-order valence-corrected chi connectivity index (χ0v) is 16.4. The molecule has 0 spiro atoms. The first-order chi connectivity index (χ1) is 13.5. The summed E-state index contributed by atoms with van der Waals surface area (Å²) < 4.78 is 5.23. The molecular weight excluding hydrogens is 348 g/mol. The summed E-state index contributed by atoms with van der Waals surface area (Å²) in [5, 5.41) is 17.9. The molecule has 0 aliphatic heterocycles. The van der Waals surface area contributed by atoms with Gasteiger partial charge in [0.15, 0.2) is 0 Å². The van der Waals surface area contributed by atoms with Crippen LogP contribution in [0.25, 0.3) is 22.4 Å². The lowest BCUT2D eigenvalue weighted by molar-refractivity contribution is 0.415. The Morgan fingerprint density at radius 2 is 1.64 bits per heavy atom. The molecule has 5 heteroatoms. The van der Waals surface area contributed by atoms with Crippen LogP contribution in [0.4, 0.5) is 5.69 Å². The molecule has 5 nitrogen and oxygen atoms in total. The zero-order valence-electron chi connectivity index (χ0n) is 16.4. The molecule has 0 radical (unpaired) electrons. The summed E-state index contributed by atoms with van der Waals surface area (Å²) in [6, 6.07) is 17.8. The van der Waals surface area contributed by atoms with E-state index in [1.54, 1.807) is 7.11 Å². The SMILES string of the molecule is COc1ccc(-c2nc(C)c(C=N)c(-c3ccc(N(C)C)cc3)c2C#N)cc1. The fraction of sp³-hybridized carbons (Fsp3) is 0.174. The minimum atomic E-state index is 0.465. The molecule has 1 aromatic heterocycles. The van der Waals surface area contributed by atoms with E-state index in [0.29, 0.717) is 22.5 Å². The second-order valence-electron chi connectivity index (χ2n) is 6.64. The normalized spacial score (nSPS) is 10.2. The maximum atomic E-state index is 9.98. The number of aromatic nitrogens is 1. The Kier molecular flexibility index (Phi) is 5.42. The minimum Gasteiger partial charge on any atom is -0.497 e. The number of nitrogens with zero attached hydrogens (tertiary/aromatic N) is 3. The third kappa shape index (κ3) is 3.45. The Bertz CT molecular complexity index is 1050. The maximum absolute atomic E-state index is 9.98. The third-order valence-corrected chi connectivity index (χ3v) is 4.72. The highest BCUT2D eigenvalue weighted by Gasteiger charge is 2.19. The van der Waals surface area contributed by atoms with E-state index in [1.807, 2.05) is 74.4 Å². The van der Waals surface area contributed by atoms with Crippen LogP contribution in [-0.4, -0.2) is 32.4 Å². The van der Waals surface area contributed by atoms with Crippen molar-refractivity contribution < 1.29 is 4.74 Å². The number of benzene rings is 2. The highest BCUT2D eigenvalue weighted by Crippen LogP contribution is 2.35. The van der Waals surface area contributed by atoms with Crippen molar-refractivity contribution in [2.75, 3.05) is 26.1 Å². The lowest BCUT2D eigenvalue weighted by Gasteiger charge is -2.17. The fourth-order valence-corrected chi connectivity index (χ4v) is 3.19. The molecule has 0 bridgehead atoms. The fourth-order valence-electron chi connectivity index (χ4n) is 3.19. The predicted octanol–water partition coefficient (Wildman–Crippen LogP) is 4.67. The first kappa shape index (κ1) is 19.1. The van der Waals surface area contributed by atoms with Gasteiger partial charge in [0, 0.05) is 48.4 Å². The number of hydrogen-bond acceptors (Lipinski definition) is 5. The average Bonchev–Trinajstić information content (AvgIpc) is 2.73. The summed E-state index contributed by atoms with van der Waals surface area (Å²) in [7, 11) is 5.58. The molecule has 28 heavy (non-hydrogen) atoms. The minimum absolute atomic E-state index is 0.465. The molecule has 0 unspecified atom stereocenters. The van der Waals surface area contributed by atoms with Gasteiger partial charge in [0.05, 0.1) is 18.4 Å². The number of aryl methyl sites for hydroxylation is 1. The standard InChI is InChI=1S/C23H22N4O/c1-15-20(13-24)22(16-5-9-18(10-6-16)27(2)3)21(14-25)23(26-15)17-7-11-19(28-4)12-8-17/h5-13,24H,1-4H3. The van der Waals surface area contributed by atoms with Crippen LogP contribution in [-0.2, 0) is 0 Å². The first-order valence-electron chi connectivity index (χ1n) is 8.87. The van der Waals surface area contributed by atoms with E-state index in [1.165, 1.54) is 6.21 Å². The number of nitrogens with one attached hydrogen (secondary N) is 1. The van der Waals surface area contributed by atoms with Gasteiger partial charge in [-0.2, -0.15) is 5.26 Å². The van der Waals surface area contributed by atoms with Crippen LogP contribution in [0.2, 0.25) is 0 Å². The number of rotatable bonds is 5. The van der Waals surface area contributed by atoms with Crippen molar-refractivity contribution in [2.24, 2.45) is 0 Å². The molecule has 3 aromatic rings. The summed E-state index contributed by atoms with van der Waals surface area (Å²) in [4.78, 5) is 6.67. The molecular formula is C23H22N4O. The van der Waals surface area contributed by atoms with Gasteiger partial charge in [-0.25, -0.2) is 0 Å². The summed E-state index contributed by atoms with van der Waals surface area (Å²) in [5.41, 5.74) is 5.98. The quantitative estimate of drug-likeness (QED) is 0.663. The molecule has 1 N–H and O–H groups in total. The number of hydrogen-bond donors (Lipinski definition) is 1. The van der Waals surface area contributed by atoms with E-state index in [4.69, 9.17) is 10.1 Å². The topological polar surface area (TPSA) is 73.0 Å². The van der Waals surface area contributed by atoms with Crippen molar-refractivity contribution in [3.8, 4) is 34.2 Å². The third-order valence-electron chi connectivity index (χ3n) is 4.72. The largest absolute Gasteiger partial charge is 0.497 e. The molecule has 0 amide bonds. The van der Waals surface area contributed by atoms with E-state index in [9.17, 15) is 5.26 Å². The Morgan fingerprint density at radius 3 is 2.14 bits per heavy atom. The Balaban J connectivity index is 2.26. The van der Waals surface area contributed by atoms with Gasteiger partial charge in [0.25, 0.3) is 0 Å². The number of ether oxygens (including phenoxy) is 1. The number of methoxy groups -OCH3 is 1. The highest BCUT2D eigenvalue weighted by molar-refractivity contribution is 5.95. The molecule has 0 fully saturated rings. The molecule has 140 valence electrons. The van der Waals surface area contributed by atoms with Gasteiger partial charge in [-0.15, -0.1) is 0 Å². The van der Waals surface area contributed by atoms with Crippen LogP contribution in [0, 0.1) is 23.7 Å². The van der Waals surface area contributed by atoms with E-state index in [2.05, 4.69) is 11.1 Å². The first-order valence-corrected chi connectivity index (χ1v) is 8.87. The van der Waals surface area contributed by atoms with Gasteiger partial charge < -0.3 is 15.0 Å². The molecule has 0 saturated heterocycles. The summed E-state index contributed by atoms with van der Waals surface area (Å²) >= 11 is 0. The second kappa shape index (κ2) is 7.93. The molecule has 0 aliphatic rings. The van der Waals surface area contributed by atoms with Crippen molar-refractivity contribution in [2.45, 2.75) is 6.92 Å². The van der Waals surface area contributed by atoms with Crippen LogP contribution in [0.1, 0.15) is 16.8 Å². The lowest BCUT2D eigenvalue weighted by atomic mass is 9.91. The van der Waals surface area contributed by atoms with Gasteiger partial charge >= 0.3 is 0 Å². The lowest BCUT2D eigenvalue weighted by Crippen LogP contribution is -2.08. The van der Waals surface area contributed by atoms with Crippen LogP contribution in [0.15, 0.2) is 48.5 Å². The molecule has 3 rings (SSSR count). The van der Waals surface area contributed by atoms with Crippen LogP contribution in [0.5, 0.6) is 5.75 Å². The average molecular weight is 370 g/mol. The molecule has 1 heterocycles. The van der Waals surface area contributed by atoms with Gasteiger partial charge in [-0.05, 0) is 48.9 Å². The number of anilines is 1. The zero-order chi connectivity index (χ0) is 20.3. The van der Waals surface area contributed by atoms with Crippen molar-refractivity contribution >= 4 is 11.9 Å². The van der Waals surface area contributed by atoms with Gasteiger partial charge in [0.2, 0.25) is 0 Å². The molecule has 0 saturated carbocycles. The monoisotopic (exact) mass is 370 g/mol. The van der Waals surface area contributed by atoms with E-state index in [0.717, 1.165) is 28.1 Å². The Labute approximate surface area is 165 Å². The van der Waals surface area contributed by atoms with Crippen LogP contribution < -0.4 is 9.64 Å². The molecule has 0 aliphatic carbocycles. The van der Waals surface area contributed by atoms with Crippen molar-refractivity contribution in [3.05, 3.63) is 65.4 Å². The molecule has 2 aromatic carbocycles. The number of pyridine rings is 1. The van der Waals surface area contributed by atoms with Crippen molar-refractivity contribution in [1.82, 2.24) is 4.98 Å². The summed E-state index contributed by atoms with van der Waals surface area (Å²) in [5.74, 6) is 0.745. The van der Waals surface area contributed by atoms with E-state index in [-0.39, 0.29) is 0 Å². The molecule has 0 atom stereocenters. The summed E-state index contributed by atoms with van der Waals surface area (Å²) in [6.45, 7) is 1.87. The Morgan fingerprint density at radius 1 is 1.04 bits per heavy atom. The smallest absolute Gasteiger partial charge is 0.118 e. The van der Waals surface area contributed by atoms with E-state index >= 15 is 0 Å². The predicted molar refractivity (Wildman–Crippen MR) is 113 cm³/mol. The summed E-state index contributed by atoms with van der Waals surface area (Å²) in [6.07, 6.45) is 1.27. The van der Waals surface area contributed by atoms with Crippen molar-refractivity contribution in [3.63, 3.8) is 0 Å². The van der Waals surface area contributed by atoms with Crippen molar-refractivity contribution in [1.29, 1.82) is 10.7 Å². The van der Waals surface area contributed by atoms with Gasteiger partial charge in [-0.1, -0.05) is 12.1 Å². The van der Waals surface area contributed by atoms with Crippen LogP contribution >= 0.6 is 0 Å². The maximum Gasteiger partial charge on any atom is 0.118 e. The Hall–Kier alpha value is -3.65. The second-order valence-corrected chi connectivity index (χ2v) is 6.64. The highest BCUT2D eigenvalue weighted by atomic mass is 16.5. The number of nitriles is 1. The van der Waals surface area contributed by atoms with Gasteiger partial charge in [-0.3, -0.25) is 4.98 Å². The van der Waals surface area contributed by atoms with E-state index < -0.39 is 0 Å². The van der Waals surface area contributed by atoms with Gasteiger partial charge in [0.1, 0.15) is 11.8 Å².